The molecule has 0 heterocycles. The molecule has 0 fully saturated rings. The van der Waals surface area contributed by atoms with E-state index in [1.165, 1.54) is 0 Å². The van der Waals surface area contributed by atoms with Crippen molar-refractivity contribution in [3.63, 3.8) is 0 Å². The van der Waals surface area contributed by atoms with Crippen LogP contribution < -0.4 is 5.32 Å². The highest BCUT2D eigenvalue weighted by Gasteiger charge is 2.13. The van der Waals surface area contributed by atoms with Gasteiger partial charge in [-0.2, -0.15) is 0 Å². The number of hydrogen-bond acceptors (Lipinski definition) is 3. The minimum Gasteiger partial charge on any atom is -0.508 e. The highest BCUT2D eigenvalue weighted by molar-refractivity contribution is 5.81. The van der Waals surface area contributed by atoms with Crippen LogP contribution in [0.1, 0.15) is 18.1 Å². The topological polar surface area (TPSA) is 49.3 Å². The number of likely N-dealkylation sites (N-methyl/N-ethyl adjacent to an activating group) is 1. The van der Waals surface area contributed by atoms with Crippen molar-refractivity contribution in [2.45, 2.75) is 26.3 Å². The van der Waals surface area contributed by atoms with Gasteiger partial charge in [0.1, 0.15) is 11.5 Å². The zero-order valence-electron chi connectivity index (χ0n) is 9.37. The summed E-state index contributed by atoms with van der Waals surface area (Å²) in [7, 11) is 1.78. The minimum atomic E-state index is -0.145. The monoisotopic (exact) mass is 207 g/mol. The van der Waals surface area contributed by atoms with Crippen LogP contribution in [0.15, 0.2) is 18.2 Å². The molecule has 0 bridgehead atoms. The summed E-state index contributed by atoms with van der Waals surface area (Å²) in [5.41, 5.74) is 2.10. The van der Waals surface area contributed by atoms with E-state index in [9.17, 15) is 9.90 Å². The fourth-order valence-electron chi connectivity index (χ4n) is 1.58. The van der Waals surface area contributed by atoms with Crippen LogP contribution >= 0.6 is 0 Å². The third-order valence-electron chi connectivity index (χ3n) is 2.59. The highest BCUT2D eigenvalue weighted by Crippen LogP contribution is 2.17. The predicted octanol–water partition coefficient (Wildman–Crippen LogP) is 1.42. The number of Topliss-reactive ketones (excluding diaryl/α,β-unsaturated/α-hetero) is 1. The van der Waals surface area contributed by atoms with E-state index in [0.29, 0.717) is 6.42 Å². The molecule has 0 aliphatic rings. The van der Waals surface area contributed by atoms with Gasteiger partial charge in [-0.05, 0) is 50.6 Å². The number of ketones is 1. The molecule has 2 N–H and O–H groups in total. The summed E-state index contributed by atoms with van der Waals surface area (Å²) in [5, 5.41) is 12.2. The number of benzene rings is 1. The second-order valence-electron chi connectivity index (χ2n) is 3.77. The summed E-state index contributed by atoms with van der Waals surface area (Å²) in [6.07, 6.45) is 0.665. The van der Waals surface area contributed by atoms with Crippen molar-refractivity contribution in [1.82, 2.24) is 5.32 Å². The number of aryl methyl sites for hydroxylation is 1. The van der Waals surface area contributed by atoms with Crippen molar-refractivity contribution in [2.24, 2.45) is 0 Å². The quantitative estimate of drug-likeness (QED) is 0.785. The summed E-state index contributed by atoms with van der Waals surface area (Å²) < 4.78 is 0. The average molecular weight is 207 g/mol. The zero-order valence-corrected chi connectivity index (χ0v) is 9.37. The normalized spacial score (nSPS) is 12.5. The number of nitrogens with one attached hydrogen (secondary N) is 1. The van der Waals surface area contributed by atoms with Crippen molar-refractivity contribution in [3.05, 3.63) is 29.3 Å². The van der Waals surface area contributed by atoms with Crippen LogP contribution in [-0.4, -0.2) is 24.0 Å². The van der Waals surface area contributed by atoms with E-state index in [1.807, 2.05) is 13.0 Å². The molecule has 0 aliphatic heterocycles. The van der Waals surface area contributed by atoms with Gasteiger partial charge in [0, 0.05) is 0 Å². The Morgan fingerprint density at radius 2 is 2.20 bits per heavy atom. The van der Waals surface area contributed by atoms with Crippen LogP contribution in [-0.2, 0) is 11.2 Å². The number of carbonyl (C=O) groups is 1. The predicted molar refractivity (Wildman–Crippen MR) is 60.1 cm³/mol. The molecule has 1 atom stereocenters. The molecule has 82 valence electrons. The molecule has 3 nitrogen and oxygen atoms in total. The van der Waals surface area contributed by atoms with Crippen molar-refractivity contribution >= 4 is 5.78 Å². The van der Waals surface area contributed by atoms with Crippen LogP contribution in [0.25, 0.3) is 0 Å². The van der Waals surface area contributed by atoms with Crippen LogP contribution in [0, 0.1) is 6.92 Å². The molecule has 15 heavy (non-hydrogen) atoms. The van der Waals surface area contributed by atoms with Crippen molar-refractivity contribution in [2.75, 3.05) is 7.05 Å². The average Bonchev–Trinajstić information content (AvgIpc) is 2.16. The van der Waals surface area contributed by atoms with Gasteiger partial charge in [0.05, 0.1) is 6.04 Å². The molecule has 0 amide bonds. The standard InChI is InChI=1S/C12H17NO2/c1-8-6-11(15)5-4-10(8)7-12(13-3)9(2)14/h4-6,12-13,15H,7H2,1-3H3. The summed E-state index contributed by atoms with van der Waals surface area (Å²) in [6.45, 7) is 3.51. The number of phenols is 1. The lowest BCUT2D eigenvalue weighted by atomic mass is 9.99. The maximum atomic E-state index is 11.2. The lowest BCUT2D eigenvalue weighted by molar-refractivity contribution is -0.118. The molecule has 3 heteroatoms. The first kappa shape index (κ1) is 11.7. The molecule has 0 saturated heterocycles. The van der Waals surface area contributed by atoms with Crippen molar-refractivity contribution in [3.8, 4) is 5.75 Å². The Balaban J connectivity index is 2.84. The summed E-state index contributed by atoms with van der Waals surface area (Å²) in [5.74, 6) is 0.394. The Bertz CT molecular complexity index is 361. The maximum absolute atomic E-state index is 11.2. The first-order valence-electron chi connectivity index (χ1n) is 5.00. The van der Waals surface area contributed by atoms with Crippen LogP contribution in [0.5, 0.6) is 5.75 Å². The van der Waals surface area contributed by atoms with Crippen LogP contribution in [0.2, 0.25) is 0 Å². The van der Waals surface area contributed by atoms with Crippen molar-refractivity contribution in [1.29, 1.82) is 0 Å². The molecule has 0 saturated carbocycles. The number of rotatable bonds is 4. The van der Waals surface area contributed by atoms with Gasteiger partial charge in [-0.15, -0.1) is 0 Å². The number of aromatic hydroxyl groups is 1. The van der Waals surface area contributed by atoms with Gasteiger partial charge in [-0.25, -0.2) is 0 Å². The summed E-state index contributed by atoms with van der Waals surface area (Å²) in [4.78, 5) is 11.2. The third kappa shape index (κ3) is 3.06. The summed E-state index contributed by atoms with van der Waals surface area (Å²) in [6, 6.07) is 5.07. The number of hydrogen-bond donors (Lipinski definition) is 2. The van der Waals surface area contributed by atoms with Gasteiger partial charge >= 0.3 is 0 Å². The molecule has 1 aromatic carbocycles. The third-order valence-corrected chi connectivity index (χ3v) is 2.59. The Labute approximate surface area is 90.1 Å². The Morgan fingerprint density at radius 1 is 1.53 bits per heavy atom. The molecule has 0 aromatic heterocycles. The zero-order chi connectivity index (χ0) is 11.4. The fourth-order valence-corrected chi connectivity index (χ4v) is 1.58. The largest absolute Gasteiger partial charge is 0.508 e. The van der Waals surface area contributed by atoms with E-state index >= 15 is 0 Å². The Kier molecular flexibility index (Phi) is 3.86. The Morgan fingerprint density at radius 3 is 2.67 bits per heavy atom. The Hall–Kier alpha value is -1.35. The van der Waals surface area contributed by atoms with Crippen LogP contribution in [0.3, 0.4) is 0 Å². The molecule has 0 spiro atoms. The molecular weight excluding hydrogens is 190 g/mol. The molecule has 1 unspecified atom stereocenters. The maximum Gasteiger partial charge on any atom is 0.147 e. The van der Waals surface area contributed by atoms with E-state index < -0.39 is 0 Å². The second-order valence-corrected chi connectivity index (χ2v) is 3.77. The first-order valence-corrected chi connectivity index (χ1v) is 5.00. The van der Waals surface area contributed by atoms with Gasteiger partial charge in [0.15, 0.2) is 0 Å². The van der Waals surface area contributed by atoms with Gasteiger partial charge < -0.3 is 10.4 Å². The molecule has 1 aromatic rings. The van der Waals surface area contributed by atoms with Gasteiger partial charge in [-0.1, -0.05) is 6.07 Å². The molecular formula is C12H17NO2. The lowest BCUT2D eigenvalue weighted by Gasteiger charge is -2.14. The number of phenolic OH excluding ortho intramolecular Hbond substituents is 1. The highest BCUT2D eigenvalue weighted by atomic mass is 16.3. The molecule has 0 radical (unpaired) electrons. The van der Waals surface area contributed by atoms with Crippen molar-refractivity contribution < 1.29 is 9.90 Å². The smallest absolute Gasteiger partial charge is 0.147 e. The van der Waals surface area contributed by atoms with Gasteiger partial charge in [-0.3, -0.25) is 4.79 Å². The lowest BCUT2D eigenvalue weighted by Crippen LogP contribution is -2.34. The SMILES string of the molecule is CNC(Cc1ccc(O)cc1C)C(C)=O. The van der Waals surface area contributed by atoms with E-state index in [-0.39, 0.29) is 17.6 Å². The van der Waals surface area contributed by atoms with E-state index in [1.54, 1.807) is 26.1 Å². The molecule has 0 aliphatic carbocycles. The van der Waals surface area contributed by atoms with E-state index in [0.717, 1.165) is 11.1 Å². The fraction of sp³-hybridized carbons (Fsp3) is 0.417. The van der Waals surface area contributed by atoms with E-state index in [2.05, 4.69) is 5.32 Å². The first-order chi connectivity index (χ1) is 7.04. The molecule has 1 rings (SSSR count). The van der Waals surface area contributed by atoms with Crippen LogP contribution in [0.4, 0.5) is 0 Å². The van der Waals surface area contributed by atoms with Gasteiger partial charge in [0.25, 0.3) is 0 Å². The number of carbonyl (C=O) groups excluding carboxylic acids is 1. The summed E-state index contributed by atoms with van der Waals surface area (Å²) >= 11 is 0. The van der Waals surface area contributed by atoms with Gasteiger partial charge in [0.2, 0.25) is 0 Å². The second kappa shape index (κ2) is 4.94. The minimum absolute atomic E-state index is 0.130. The van der Waals surface area contributed by atoms with E-state index in [4.69, 9.17) is 0 Å².